The number of nitrogens with zero attached hydrogens (tertiary/aromatic N) is 3. The zero-order valence-electron chi connectivity index (χ0n) is 13.4. The number of ether oxygens (including phenoxy) is 2. The Morgan fingerprint density at radius 2 is 2.08 bits per heavy atom. The van der Waals surface area contributed by atoms with Crippen LogP contribution in [-0.2, 0) is 19.6 Å². The largest absolute Gasteiger partial charge is 0.469 e. The minimum absolute atomic E-state index is 0.0696. The molecule has 8 nitrogen and oxygen atoms in total. The Morgan fingerprint density at radius 3 is 2.83 bits per heavy atom. The van der Waals surface area contributed by atoms with Crippen molar-refractivity contribution in [2.45, 2.75) is 23.3 Å². The van der Waals surface area contributed by atoms with E-state index in [1.807, 2.05) is 0 Å². The van der Waals surface area contributed by atoms with Gasteiger partial charge in [0.05, 0.1) is 26.4 Å². The molecule has 1 spiro atoms. The van der Waals surface area contributed by atoms with Crippen LogP contribution in [0.4, 0.5) is 0 Å². The van der Waals surface area contributed by atoms with Crippen LogP contribution in [0.2, 0.25) is 0 Å². The summed E-state index contributed by atoms with van der Waals surface area (Å²) in [4.78, 5) is 12.0. The molecule has 1 aliphatic carbocycles. The van der Waals surface area contributed by atoms with Gasteiger partial charge in [0.15, 0.2) is 0 Å². The Hall–Kier alpha value is -1.26. The second-order valence-electron chi connectivity index (χ2n) is 6.34. The van der Waals surface area contributed by atoms with Crippen LogP contribution in [0.3, 0.4) is 0 Å². The van der Waals surface area contributed by atoms with Crippen LogP contribution in [-0.4, -0.2) is 74.4 Å². The predicted molar refractivity (Wildman–Crippen MR) is 83.9 cm³/mol. The number of morpholine rings is 1. The van der Waals surface area contributed by atoms with Crippen molar-refractivity contribution in [2.75, 3.05) is 46.0 Å². The van der Waals surface area contributed by atoms with Gasteiger partial charge >= 0.3 is 0 Å². The van der Waals surface area contributed by atoms with Crippen molar-refractivity contribution in [1.82, 2.24) is 14.4 Å². The summed E-state index contributed by atoms with van der Waals surface area (Å²) in [5.74, 6) is 0.175. The topological polar surface area (TPSA) is 81.2 Å². The van der Waals surface area contributed by atoms with E-state index in [4.69, 9.17) is 14.3 Å². The van der Waals surface area contributed by atoms with E-state index in [0.29, 0.717) is 26.4 Å². The Balaban J connectivity index is 1.49. The number of hydrogen-bond acceptors (Lipinski definition) is 7. The molecule has 0 bridgehead atoms. The Labute approximate surface area is 141 Å². The minimum Gasteiger partial charge on any atom is -0.469 e. The van der Waals surface area contributed by atoms with Gasteiger partial charge in [0.1, 0.15) is 10.5 Å². The molecular weight excluding hydrogens is 334 g/mol. The smallest absolute Gasteiger partial charge is 0.270 e. The van der Waals surface area contributed by atoms with Crippen molar-refractivity contribution < 1.29 is 22.7 Å². The summed E-state index contributed by atoms with van der Waals surface area (Å²) >= 11 is 0. The van der Waals surface area contributed by atoms with E-state index < -0.39 is 15.6 Å². The minimum atomic E-state index is -3.77. The summed E-state index contributed by atoms with van der Waals surface area (Å²) in [5, 5.41) is 0. The Kier molecular flexibility index (Phi) is 4.21. The average Bonchev–Trinajstić information content (AvgIpc) is 3.35. The van der Waals surface area contributed by atoms with Gasteiger partial charge in [-0.1, -0.05) is 4.47 Å². The van der Waals surface area contributed by atoms with E-state index in [0.717, 1.165) is 30.4 Å². The number of rotatable bonds is 4. The molecule has 0 amide bonds. The zero-order chi connectivity index (χ0) is 16.6. The molecule has 2 fully saturated rings. The second kappa shape index (κ2) is 6.23. The Bertz CT molecular complexity index is 701. The molecule has 2 aliphatic heterocycles. The molecular formula is C15H21N3O5S. The maximum absolute atomic E-state index is 12.9. The van der Waals surface area contributed by atoms with E-state index in [9.17, 15) is 8.42 Å². The highest BCUT2D eigenvalue weighted by molar-refractivity contribution is 7.89. The lowest BCUT2D eigenvalue weighted by molar-refractivity contribution is -0.109. The van der Waals surface area contributed by atoms with Gasteiger partial charge in [0.2, 0.25) is 5.88 Å². The average molecular weight is 355 g/mol. The van der Waals surface area contributed by atoms with Crippen molar-refractivity contribution >= 4 is 10.0 Å². The monoisotopic (exact) mass is 355 g/mol. The summed E-state index contributed by atoms with van der Waals surface area (Å²) in [6.07, 6.45) is 3.16. The lowest BCUT2D eigenvalue weighted by atomic mass is 10.3. The van der Waals surface area contributed by atoms with Crippen LogP contribution in [0.1, 0.15) is 12.8 Å². The third kappa shape index (κ3) is 3.14. The van der Waals surface area contributed by atoms with Crippen LogP contribution in [0.15, 0.2) is 23.2 Å². The van der Waals surface area contributed by atoms with Crippen molar-refractivity contribution in [3.63, 3.8) is 0 Å². The van der Waals surface area contributed by atoms with Crippen LogP contribution >= 0.6 is 0 Å². The molecule has 0 radical (unpaired) electrons. The maximum Gasteiger partial charge on any atom is 0.270 e. The SMILES string of the molecule is O=S1(=O)c2cccnc2OC2(CC2)CN1OCCN1CCOCC1. The van der Waals surface area contributed by atoms with Gasteiger partial charge in [-0.3, -0.25) is 9.74 Å². The summed E-state index contributed by atoms with van der Waals surface area (Å²) in [6, 6.07) is 3.11. The predicted octanol–water partition coefficient (Wildman–Crippen LogP) is 0.261. The zero-order valence-corrected chi connectivity index (χ0v) is 14.2. The van der Waals surface area contributed by atoms with Gasteiger partial charge in [-0.05, 0) is 25.0 Å². The maximum atomic E-state index is 12.9. The van der Waals surface area contributed by atoms with Crippen LogP contribution in [0.25, 0.3) is 0 Å². The summed E-state index contributed by atoms with van der Waals surface area (Å²) in [6.45, 7) is 4.28. The van der Waals surface area contributed by atoms with Crippen molar-refractivity contribution in [3.05, 3.63) is 18.3 Å². The fourth-order valence-corrected chi connectivity index (χ4v) is 4.33. The van der Waals surface area contributed by atoms with Crippen molar-refractivity contribution in [1.29, 1.82) is 0 Å². The molecule has 1 saturated carbocycles. The van der Waals surface area contributed by atoms with Gasteiger partial charge in [-0.15, -0.1) is 0 Å². The summed E-state index contributed by atoms with van der Waals surface area (Å²) in [7, 11) is -3.77. The molecule has 1 aromatic rings. The van der Waals surface area contributed by atoms with E-state index in [2.05, 4.69) is 9.88 Å². The number of hydroxylamine groups is 1. The molecule has 0 atom stereocenters. The van der Waals surface area contributed by atoms with Crippen LogP contribution in [0, 0.1) is 0 Å². The van der Waals surface area contributed by atoms with Gasteiger partial charge in [0, 0.05) is 25.8 Å². The number of sulfonamides is 1. The summed E-state index contributed by atoms with van der Waals surface area (Å²) < 4.78 is 38.0. The first-order valence-electron chi connectivity index (χ1n) is 8.19. The Morgan fingerprint density at radius 1 is 1.29 bits per heavy atom. The third-order valence-corrected chi connectivity index (χ3v) is 6.20. The molecule has 0 unspecified atom stereocenters. The highest BCUT2D eigenvalue weighted by Gasteiger charge is 2.53. The van der Waals surface area contributed by atoms with Gasteiger partial charge in [-0.2, -0.15) is 0 Å². The fraction of sp³-hybridized carbons (Fsp3) is 0.667. The molecule has 4 rings (SSSR count). The molecule has 3 aliphatic rings. The van der Waals surface area contributed by atoms with Crippen LogP contribution in [0.5, 0.6) is 5.88 Å². The second-order valence-corrected chi connectivity index (χ2v) is 8.14. The fourth-order valence-electron chi connectivity index (χ4n) is 2.93. The highest BCUT2D eigenvalue weighted by Crippen LogP contribution is 2.45. The van der Waals surface area contributed by atoms with E-state index in [-0.39, 0.29) is 17.3 Å². The standard InChI is InChI=1S/C15H21N3O5S/c19-24(20)13-2-1-5-16-14(13)23-15(3-4-15)12-18(24)22-11-8-17-6-9-21-10-7-17/h1-2,5H,3-4,6-12H2. The molecule has 3 heterocycles. The normalized spacial score (nSPS) is 25.7. The van der Waals surface area contributed by atoms with E-state index in [1.54, 1.807) is 12.3 Å². The first-order valence-corrected chi connectivity index (χ1v) is 9.63. The molecule has 0 N–H and O–H groups in total. The lowest BCUT2D eigenvalue weighted by Crippen LogP contribution is -2.42. The number of hydrogen-bond donors (Lipinski definition) is 0. The van der Waals surface area contributed by atoms with Crippen molar-refractivity contribution in [3.8, 4) is 5.88 Å². The first kappa shape index (κ1) is 16.2. The number of fused-ring (bicyclic) bond motifs is 1. The van der Waals surface area contributed by atoms with Gasteiger partial charge in [-0.25, -0.2) is 13.4 Å². The van der Waals surface area contributed by atoms with Crippen molar-refractivity contribution in [2.24, 2.45) is 0 Å². The number of aromatic nitrogens is 1. The first-order chi connectivity index (χ1) is 11.6. The van der Waals surface area contributed by atoms with Gasteiger partial charge in [0.25, 0.3) is 10.0 Å². The third-order valence-electron chi connectivity index (χ3n) is 4.57. The molecule has 132 valence electrons. The molecule has 1 aromatic heterocycles. The molecule has 24 heavy (non-hydrogen) atoms. The van der Waals surface area contributed by atoms with E-state index in [1.165, 1.54) is 6.07 Å². The molecule has 0 aromatic carbocycles. The number of pyridine rings is 1. The lowest BCUT2D eigenvalue weighted by Gasteiger charge is -2.28. The summed E-state index contributed by atoms with van der Waals surface area (Å²) in [5.41, 5.74) is -0.494. The molecule has 1 saturated heterocycles. The quantitative estimate of drug-likeness (QED) is 0.766. The highest BCUT2D eigenvalue weighted by atomic mass is 32.2. The van der Waals surface area contributed by atoms with E-state index >= 15 is 0 Å². The molecule has 9 heteroatoms. The van der Waals surface area contributed by atoms with Crippen LogP contribution < -0.4 is 4.74 Å². The van der Waals surface area contributed by atoms with Gasteiger partial charge < -0.3 is 9.47 Å².